The summed E-state index contributed by atoms with van der Waals surface area (Å²) in [4.78, 5) is 12.8. The van der Waals surface area contributed by atoms with E-state index in [4.69, 9.17) is 5.73 Å². The van der Waals surface area contributed by atoms with Gasteiger partial charge in [0, 0.05) is 21.9 Å². The zero-order valence-electron chi connectivity index (χ0n) is 15.6. The van der Waals surface area contributed by atoms with Gasteiger partial charge < -0.3 is 5.73 Å². The molecule has 0 unspecified atom stereocenters. The smallest absolute Gasteiger partial charge is 0.269 e. The topological polar surface area (TPSA) is 69.2 Å². The summed E-state index contributed by atoms with van der Waals surface area (Å²) < 4.78 is 0.942. The van der Waals surface area contributed by atoms with E-state index in [1.807, 2.05) is 24.3 Å². The summed E-state index contributed by atoms with van der Waals surface area (Å²) in [7, 11) is 0. The summed E-state index contributed by atoms with van der Waals surface area (Å²) >= 11 is 3.23. The zero-order chi connectivity index (χ0) is 20.1. The van der Waals surface area contributed by atoms with Crippen molar-refractivity contribution in [1.29, 1.82) is 0 Å². The van der Waals surface area contributed by atoms with Crippen molar-refractivity contribution in [3.8, 4) is 0 Å². The Morgan fingerprint density at radius 1 is 0.821 bits per heavy atom. The predicted molar refractivity (Wildman–Crippen MR) is 118 cm³/mol. The molecule has 28 heavy (non-hydrogen) atoms. The number of hydrogen-bond donors (Lipinski definition) is 1. The van der Waals surface area contributed by atoms with Crippen LogP contribution in [0.1, 0.15) is 16.7 Å². The van der Waals surface area contributed by atoms with E-state index in [0.717, 1.165) is 19.6 Å². The van der Waals surface area contributed by atoms with Crippen LogP contribution in [0.15, 0.2) is 86.8 Å². The van der Waals surface area contributed by atoms with Gasteiger partial charge in [0.15, 0.2) is 0 Å². The first-order valence-electron chi connectivity index (χ1n) is 8.67. The lowest BCUT2D eigenvalue weighted by atomic mass is 10.2. The number of nitrogens with zero attached hydrogens (tertiary/aromatic N) is 1. The van der Waals surface area contributed by atoms with Crippen LogP contribution in [-0.4, -0.2) is 4.92 Å². The van der Waals surface area contributed by atoms with Gasteiger partial charge in [0.1, 0.15) is 0 Å². The molecule has 3 aromatic rings. The number of nitrogens with two attached hydrogens (primary N) is 1. The van der Waals surface area contributed by atoms with Crippen molar-refractivity contribution >= 4 is 34.9 Å². The monoisotopic (exact) mass is 408 g/mol. The van der Waals surface area contributed by atoms with E-state index < -0.39 is 4.92 Å². The van der Waals surface area contributed by atoms with Gasteiger partial charge in [-0.3, -0.25) is 10.1 Å². The van der Waals surface area contributed by atoms with Crippen LogP contribution in [0, 0.1) is 24.0 Å². The molecule has 0 aliphatic rings. The molecule has 0 radical (unpaired) electrons. The largest absolute Gasteiger partial charge is 0.397 e. The maximum Gasteiger partial charge on any atom is 0.269 e. The highest BCUT2D eigenvalue weighted by molar-refractivity contribution is 8.22. The van der Waals surface area contributed by atoms with Crippen molar-refractivity contribution in [2.24, 2.45) is 5.73 Å². The normalized spacial score (nSPS) is 10.5. The molecule has 0 aliphatic heterocycles. The van der Waals surface area contributed by atoms with Gasteiger partial charge in [-0.25, -0.2) is 0 Å². The Hall–Kier alpha value is -2.70. The SMILES string of the molecule is Cc1ccccc1SC(Sc1ccccc1C)=C(N)c1ccc([N+](=O)[O-])cc1. The molecule has 0 bridgehead atoms. The lowest BCUT2D eigenvalue weighted by Gasteiger charge is -2.14. The average molecular weight is 409 g/mol. The third kappa shape index (κ3) is 4.77. The van der Waals surface area contributed by atoms with Crippen LogP contribution in [0.25, 0.3) is 5.70 Å². The summed E-state index contributed by atoms with van der Waals surface area (Å²) in [5, 5.41) is 10.9. The summed E-state index contributed by atoms with van der Waals surface area (Å²) in [6.45, 7) is 4.14. The molecule has 0 atom stereocenters. The van der Waals surface area contributed by atoms with Crippen molar-refractivity contribution in [2.75, 3.05) is 0 Å². The van der Waals surface area contributed by atoms with E-state index >= 15 is 0 Å². The number of benzene rings is 3. The predicted octanol–water partition coefficient (Wildman–Crippen LogP) is 6.38. The Morgan fingerprint density at radius 3 is 1.71 bits per heavy atom. The molecule has 4 nitrogen and oxygen atoms in total. The third-order valence-electron chi connectivity index (χ3n) is 4.20. The third-order valence-corrected chi connectivity index (χ3v) is 6.87. The van der Waals surface area contributed by atoms with Gasteiger partial charge in [-0.1, -0.05) is 59.9 Å². The van der Waals surface area contributed by atoms with Crippen LogP contribution in [0.3, 0.4) is 0 Å². The molecule has 2 N–H and O–H groups in total. The van der Waals surface area contributed by atoms with Gasteiger partial charge in [0.2, 0.25) is 0 Å². The Kier molecular flexibility index (Phi) is 6.44. The lowest BCUT2D eigenvalue weighted by molar-refractivity contribution is -0.384. The fraction of sp³-hybridized carbons (Fsp3) is 0.0909. The number of hydrogen-bond acceptors (Lipinski definition) is 5. The number of nitro groups is 1. The second kappa shape index (κ2) is 8.99. The molecule has 0 saturated carbocycles. The fourth-order valence-electron chi connectivity index (χ4n) is 2.55. The van der Waals surface area contributed by atoms with E-state index in [-0.39, 0.29) is 5.69 Å². The molecule has 0 amide bonds. The highest BCUT2D eigenvalue weighted by atomic mass is 32.2. The Balaban J connectivity index is 2.03. The van der Waals surface area contributed by atoms with Crippen molar-refractivity contribution < 1.29 is 4.92 Å². The van der Waals surface area contributed by atoms with Crippen LogP contribution >= 0.6 is 23.5 Å². The van der Waals surface area contributed by atoms with Gasteiger partial charge in [-0.05, 0) is 54.8 Å². The standard InChI is InChI=1S/C22H20N2O2S2/c1-15-7-3-5-9-19(15)27-22(28-20-10-6-4-8-16(20)2)21(23)17-11-13-18(14-12-17)24(25)26/h3-14H,23H2,1-2H3. The Bertz CT molecular complexity index is 981. The molecule has 142 valence electrons. The minimum atomic E-state index is -0.408. The van der Waals surface area contributed by atoms with Crippen LogP contribution in [-0.2, 0) is 0 Å². The maximum absolute atomic E-state index is 10.9. The van der Waals surface area contributed by atoms with Crippen molar-refractivity contribution in [3.63, 3.8) is 0 Å². The molecule has 0 aromatic heterocycles. The van der Waals surface area contributed by atoms with E-state index in [0.29, 0.717) is 5.70 Å². The first-order valence-corrected chi connectivity index (χ1v) is 10.3. The molecular formula is C22H20N2O2S2. The highest BCUT2D eigenvalue weighted by Gasteiger charge is 2.14. The summed E-state index contributed by atoms with van der Waals surface area (Å²) in [5.41, 5.74) is 10.3. The fourth-order valence-corrected chi connectivity index (χ4v) is 4.86. The maximum atomic E-state index is 10.9. The van der Waals surface area contributed by atoms with Crippen molar-refractivity contribution in [1.82, 2.24) is 0 Å². The molecule has 0 fully saturated rings. The van der Waals surface area contributed by atoms with Gasteiger partial charge in [-0.15, -0.1) is 0 Å². The number of aryl methyl sites for hydroxylation is 2. The van der Waals surface area contributed by atoms with Gasteiger partial charge >= 0.3 is 0 Å². The summed E-state index contributed by atoms with van der Waals surface area (Å²) in [5.74, 6) is 0. The zero-order valence-corrected chi connectivity index (χ0v) is 17.2. The molecule has 0 spiro atoms. The van der Waals surface area contributed by atoms with Crippen LogP contribution in [0.4, 0.5) is 5.69 Å². The van der Waals surface area contributed by atoms with Crippen molar-refractivity contribution in [2.45, 2.75) is 23.6 Å². The van der Waals surface area contributed by atoms with Gasteiger partial charge in [0.05, 0.1) is 14.9 Å². The molecule has 3 aromatic carbocycles. The number of rotatable bonds is 6. The molecule has 0 heterocycles. The van der Waals surface area contributed by atoms with Crippen molar-refractivity contribution in [3.05, 3.63) is 104 Å². The minimum Gasteiger partial charge on any atom is -0.397 e. The number of nitro benzene ring substituents is 1. The van der Waals surface area contributed by atoms with Crippen LogP contribution in [0.2, 0.25) is 0 Å². The van der Waals surface area contributed by atoms with E-state index in [1.165, 1.54) is 23.3 Å². The number of non-ortho nitro benzene ring substituents is 1. The van der Waals surface area contributed by atoms with Crippen LogP contribution < -0.4 is 5.73 Å². The lowest BCUT2D eigenvalue weighted by Crippen LogP contribution is -2.00. The Morgan fingerprint density at radius 2 is 1.29 bits per heavy atom. The second-order valence-corrected chi connectivity index (χ2v) is 8.60. The second-order valence-electron chi connectivity index (χ2n) is 6.24. The molecular weight excluding hydrogens is 388 g/mol. The minimum absolute atomic E-state index is 0.0520. The quantitative estimate of drug-likeness (QED) is 0.291. The first kappa shape index (κ1) is 20.0. The first-order chi connectivity index (χ1) is 13.5. The van der Waals surface area contributed by atoms with E-state index in [1.54, 1.807) is 35.7 Å². The van der Waals surface area contributed by atoms with E-state index in [9.17, 15) is 10.1 Å². The van der Waals surface area contributed by atoms with Gasteiger partial charge in [0.25, 0.3) is 5.69 Å². The summed E-state index contributed by atoms with van der Waals surface area (Å²) in [6.07, 6.45) is 0. The van der Waals surface area contributed by atoms with Gasteiger partial charge in [-0.2, -0.15) is 0 Å². The molecule has 0 aliphatic carbocycles. The molecule has 3 rings (SSSR count). The van der Waals surface area contributed by atoms with E-state index in [2.05, 4.69) is 38.1 Å². The Labute approximate surface area is 173 Å². The molecule has 0 saturated heterocycles. The summed E-state index contributed by atoms with van der Waals surface area (Å²) in [6, 6.07) is 22.7. The molecule has 6 heteroatoms. The number of thioether (sulfide) groups is 2. The van der Waals surface area contributed by atoms with Crippen LogP contribution in [0.5, 0.6) is 0 Å². The average Bonchev–Trinajstić information content (AvgIpc) is 2.70. The highest BCUT2D eigenvalue weighted by Crippen LogP contribution is 2.44.